The van der Waals surface area contributed by atoms with Crippen molar-refractivity contribution >= 4 is 17.6 Å². The highest BCUT2D eigenvalue weighted by atomic mass is 16.6. The zero-order valence-corrected chi connectivity index (χ0v) is 12.0. The molecule has 0 aliphatic heterocycles. The van der Waals surface area contributed by atoms with Crippen molar-refractivity contribution in [3.05, 3.63) is 33.9 Å². The maximum absolute atomic E-state index is 12.0. The molecule has 0 radical (unpaired) electrons. The van der Waals surface area contributed by atoms with Gasteiger partial charge in [-0.15, -0.1) is 0 Å². The maximum Gasteiger partial charge on any atom is 0.327 e. The second kappa shape index (κ2) is 6.21. The molecule has 21 heavy (non-hydrogen) atoms. The lowest BCUT2D eigenvalue weighted by molar-refractivity contribution is -0.385. The summed E-state index contributed by atoms with van der Waals surface area (Å²) in [5, 5.41) is 10.9. The van der Waals surface area contributed by atoms with Gasteiger partial charge in [0.05, 0.1) is 26.3 Å². The van der Waals surface area contributed by atoms with Crippen LogP contribution in [0.25, 0.3) is 0 Å². The third kappa shape index (κ3) is 2.78. The molecule has 0 aliphatic rings. The standard InChI is InChI=1S/C13H15NO7/c1-13(11(15)20-3,12(16)21-4)8-5-6-9(14(17)18)10(7-8)19-2/h5-7H,1-4H3. The Kier molecular flexibility index (Phi) is 4.85. The van der Waals surface area contributed by atoms with Crippen molar-refractivity contribution in [2.45, 2.75) is 12.3 Å². The van der Waals surface area contributed by atoms with Gasteiger partial charge in [0.2, 0.25) is 0 Å². The molecular weight excluding hydrogens is 282 g/mol. The molecule has 114 valence electrons. The van der Waals surface area contributed by atoms with Crippen LogP contribution >= 0.6 is 0 Å². The summed E-state index contributed by atoms with van der Waals surface area (Å²) in [6.07, 6.45) is 0. The lowest BCUT2D eigenvalue weighted by Crippen LogP contribution is -2.42. The van der Waals surface area contributed by atoms with Crippen LogP contribution in [0.5, 0.6) is 5.75 Å². The highest BCUT2D eigenvalue weighted by molar-refractivity contribution is 6.05. The van der Waals surface area contributed by atoms with Gasteiger partial charge in [0, 0.05) is 6.07 Å². The Bertz CT molecular complexity index is 566. The normalized spacial score (nSPS) is 10.7. The Morgan fingerprint density at radius 3 is 2.05 bits per heavy atom. The van der Waals surface area contributed by atoms with E-state index in [1.54, 1.807) is 0 Å². The smallest absolute Gasteiger partial charge is 0.327 e. The van der Waals surface area contributed by atoms with E-state index in [-0.39, 0.29) is 17.0 Å². The first-order valence-corrected chi connectivity index (χ1v) is 5.82. The van der Waals surface area contributed by atoms with Crippen molar-refractivity contribution in [2.24, 2.45) is 0 Å². The molecule has 0 saturated carbocycles. The van der Waals surface area contributed by atoms with Crippen molar-refractivity contribution in [3.8, 4) is 5.75 Å². The molecule has 1 rings (SSSR count). The van der Waals surface area contributed by atoms with Crippen LogP contribution in [0.2, 0.25) is 0 Å². The number of carbonyl (C=O) groups is 2. The van der Waals surface area contributed by atoms with E-state index in [0.29, 0.717) is 0 Å². The first kappa shape index (κ1) is 16.4. The van der Waals surface area contributed by atoms with Crippen LogP contribution in [0, 0.1) is 10.1 Å². The Morgan fingerprint density at radius 1 is 1.14 bits per heavy atom. The van der Waals surface area contributed by atoms with Gasteiger partial charge in [-0.05, 0) is 18.6 Å². The minimum absolute atomic E-state index is 0.0727. The molecule has 8 heteroatoms. The van der Waals surface area contributed by atoms with E-state index in [4.69, 9.17) is 4.74 Å². The predicted octanol–water partition coefficient (Wildman–Crippen LogP) is 1.21. The maximum atomic E-state index is 12.0. The topological polar surface area (TPSA) is 105 Å². The number of hydrogen-bond acceptors (Lipinski definition) is 7. The van der Waals surface area contributed by atoms with Gasteiger partial charge >= 0.3 is 17.6 Å². The number of nitro groups is 1. The summed E-state index contributed by atoms with van der Waals surface area (Å²) in [6.45, 7) is 1.31. The number of ether oxygens (including phenoxy) is 3. The Hall–Kier alpha value is -2.64. The van der Waals surface area contributed by atoms with Gasteiger partial charge in [-0.3, -0.25) is 19.7 Å². The number of nitrogens with zero attached hydrogens (tertiary/aromatic N) is 1. The molecule has 0 saturated heterocycles. The SMILES string of the molecule is COC(=O)C(C)(C(=O)OC)c1ccc([N+](=O)[O-])c(OC)c1. The highest BCUT2D eigenvalue weighted by Gasteiger charge is 2.46. The van der Waals surface area contributed by atoms with Crippen molar-refractivity contribution in [1.29, 1.82) is 0 Å². The average molecular weight is 297 g/mol. The largest absolute Gasteiger partial charge is 0.490 e. The molecule has 0 aromatic heterocycles. The third-order valence-corrected chi connectivity index (χ3v) is 3.14. The van der Waals surface area contributed by atoms with E-state index >= 15 is 0 Å². The molecule has 0 aliphatic carbocycles. The van der Waals surface area contributed by atoms with Gasteiger partial charge < -0.3 is 14.2 Å². The lowest BCUT2D eigenvalue weighted by Gasteiger charge is -2.24. The number of hydrogen-bond donors (Lipinski definition) is 0. The zero-order valence-electron chi connectivity index (χ0n) is 12.0. The van der Waals surface area contributed by atoms with Crippen LogP contribution in [0.1, 0.15) is 12.5 Å². The Balaban J connectivity index is 3.50. The fraction of sp³-hybridized carbons (Fsp3) is 0.385. The summed E-state index contributed by atoms with van der Waals surface area (Å²) < 4.78 is 14.2. The van der Waals surface area contributed by atoms with Gasteiger partial charge in [0.25, 0.3) is 0 Å². The molecule has 0 spiro atoms. The van der Waals surface area contributed by atoms with Crippen LogP contribution in [-0.4, -0.2) is 38.2 Å². The van der Waals surface area contributed by atoms with E-state index in [1.165, 1.54) is 26.2 Å². The average Bonchev–Trinajstić information content (AvgIpc) is 2.51. The van der Waals surface area contributed by atoms with Crippen LogP contribution in [-0.2, 0) is 24.5 Å². The zero-order chi connectivity index (χ0) is 16.2. The van der Waals surface area contributed by atoms with Crippen LogP contribution in [0.4, 0.5) is 5.69 Å². The number of esters is 2. The van der Waals surface area contributed by atoms with Gasteiger partial charge in [-0.25, -0.2) is 0 Å². The molecule has 0 fully saturated rings. The van der Waals surface area contributed by atoms with Gasteiger partial charge in [0.1, 0.15) is 0 Å². The summed E-state index contributed by atoms with van der Waals surface area (Å²) in [5.74, 6) is -1.76. The quantitative estimate of drug-likeness (QED) is 0.348. The molecule has 0 bridgehead atoms. The number of carbonyl (C=O) groups excluding carboxylic acids is 2. The number of benzene rings is 1. The first-order valence-electron chi connectivity index (χ1n) is 5.82. The van der Waals surface area contributed by atoms with Crippen molar-refractivity contribution in [2.75, 3.05) is 21.3 Å². The predicted molar refractivity (Wildman–Crippen MR) is 71.0 cm³/mol. The van der Waals surface area contributed by atoms with Crippen molar-refractivity contribution in [3.63, 3.8) is 0 Å². The fourth-order valence-electron chi connectivity index (χ4n) is 1.87. The van der Waals surface area contributed by atoms with E-state index < -0.39 is 22.3 Å². The molecule has 0 heterocycles. The van der Waals surface area contributed by atoms with Gasteiger partial charge in [-0.2, -0.15) is 0 Å². The summed E-state index contributed by atoms with van der Waals surface area (Å²) in [5.41, 5.74) is -1.85. The Labute approximate surface area is 120 Å². The number of rotatable bonds is 5. The molecule has 0 amide bonds. The molecule has 8 nitrogen and oxygen atoms in total. The molecule has 1 aromatic carbocycles. The van der Waals surface area contributed by atoms with Crippen LogP contribution in [0.15, 0.2) is 18.2 Å². The number of methoxy groups -OCH3 is 3. The molecule has 0 unspecified atom stereocenters. The van der Waals surface area contributed by atoms with Gasteiger partial charge in [-0.1, -0.05) is 6.07 Å². The van der Waals surface area contributed by atoms with Crippen molar-refractivity contribution < 1.29 is 28.7 Å². The van der Waals surface area contributed by atoms with Crippen LogP contribution < -0.4 is 4.74 Å². The lowest BCUT2D eigenvalue weighted by atomic mass is 9.82. The van der Waals surface area contributed by atoms with E-state index in [0.717, 1.165) is 20.3 Å². The van der Waals surface area contributed by atoms with E-state index in [9.17, 15) is 19.7 Å². The van der Waals surface area contributed by atoms with E-state index in [1.807, 2.05) is 0 Å². The minimum Gasteiger partial charge on any atom is -0.490 e. The number of nitro benzene ring substituents is 1. The summed E-state index contributed by atoms with van der Waals surface area (Å²) >= 11 is 0. The second-order valence-electron chi connectivity index (χ2n) is 4.25. The van der Waals surface area contributed by atoms with Crippen molar-refractivity contribution in [1.82, 2.24) is 0 Å². The Morgan fingerprint density at radius 2 is 1.67 bits per heavy atom. The fourth-order valence-corrected chi connectivity index (χ4v) is 1.87. The van der Waals surface area contributed by atoms with E-state index in [2.05, 4.69) is 9.47 Å². The van der Waals surface area contributed by atoms with Crippen LogP contribution in [0.3, 0.4) is 0 Å². The first-order chi connectivity index (χ1) is 9.82. The summed E-state index contributed by atoms with van der Waals surface area (Å²) in [4.78, 5) is 34.1. The molecule has 0 atom stereocenters. The third-order valence-electron chi connectivity index (χ3n) is 3.14. The molecule has 0 N–H and O–H groups in total. The molecular formula is C13H15NO7. The highest BCUT2D eigenvalue weighted by Crippen LogP contribution is 2.34. The summed E-state index contributed by atoms with van der Waals surface area (Å²) in [6, 6.07) is 3.68. The minimum atomic E-state index is -1.74. The van der Waals surface area contributed by atoms with Gasteiger partial charge in [0.15, 0.2) is 11.2 Å². The second-order valence-corrected chi connectivity index (χ2v) is 4.25. The summed E-state index contributed by atoms with van der Waals surface area (Å²) in [7, 11) is 3.51. The molecule has 1 aromatic rings. The monoisotopic (exact) mass is 297 g/mol.